The van der Waals surface area contributed by atoms with Gasteiger partial charge in [0.05, 0.1) is 0 Å². The first-order valence-corrected chi connectivity index (χ1v) is 3.82. The molecule has 0 aromatic carbocycles. The average molecular weight is 178 g/mol. The summed E-state index contributed by atoms with van der Waals surface area (Å²) in [6, 6.07) is 6.01. The summed E-state index contributed by atoms with van der Waals surface area (Å²) in [6.45, 7) is 4.52. The van der Waals surface area contributed by atoms with Crippen molar-refractivity contribution in [3.05, 3.63) is 43.2 Å². The van der Waals surface area contributed by atoms with Crippen molar-refractivity contribution in [2.24, 2.45) is 0 Å². The van der Waals surface area contributed by atoms with Crippen molar-refractivity contribution in [2.75, 3.05) is 0 Å². The molecule has 0 atom stereocenters. The molecule has 1 aromatic rings. The molecule has 1 aromatic heterocycles. The van der Waals surface area contributed by atoms with Crippen molar-refractivity contribution in [1.82, 2.24) is 0 Å². The van der Waals surface area contributed by atoms with Crippen molar-refractivity contribution >= 4 is 12.6 Å². The third-order valence-corrected chi connectivity index (χ3v) is 1.12. The Morgan fingerprint density at radius 3 is 2.33 bits per heavy atom. The van der Waals surface area contributed by atoms with Gasteiger partial charge in [0.2, 0.25) is 0 Å². The Labute approximate surface area is 78.2 Å². The second kappa shape index (κ2) is 7.70. The first-order valence-electron chi connectivity index (χ1n) is 3.41. The van der Waals surface area contributed by atoms with Crippen molar-refractivity contribution < 1.29 is 4.57 Å². The van der Waals surface area contributed by atoms with Crippen LogP contribution in [0.3, 0.4) is 0 Å². The lowest BCUT2D eigenvalue weighted by molar-refractivity contribution is -0.687. The van der Waals surface area contributed by atoms with Crippen LogP contribution in [0, 0.1) is 10.7 Å². The maximum absolute atomic E-state index is 7.13. The molecule has 0 aliphatic rings. The van der Waals surface area contributed by atoms with Crippen molar-refractivity contribution in [3.8, 4) is 5.40 Å². The highest BCUT2D eigenvalue weighted by molar-refractivity contribution is 7.64. The molecule has 1 rings (SSSR count). The van der Waals surface area contributed by atoms with Gasteiger partial charge in [0.1, 0.15) is 0 Å². The van der Waals surface area contributed by atoms with Crippen LogP contribution in [-0.2, 0) is 19.2 Å². The van der Waals surface area contributed by atoms with E-state index in [0.29, 0.717) is 0 Å². The Balaban J connectivity index is 0.000000354. The summed E-state index contributed by atoms with van der Waals surface area (Å²) in [5, 5.41) is 8.47. The number of hydrogen-bond acceptors (Lipinski definition) is 2. The lowest BCUT2D eigenvalue weighted by Gasteiger charge is -1.86. The zero-order valence-corrected chi connectivity index (χ0v) is 7.50. The molecule has 0 radical (unpaired) electrons. The molecule has 0 aliphatic carbocycles. The van der Waals surface area contributed by atoms with Crippen molar-refractivity contribution in [1.29, 1.82) is 5.26 Å². The average Bonchev–Trinajstić information content (AvgIpc) is 2.08. The minimum absolute atomic E-state index is 0.890. The SMILES string of the molecule is C=CC[n+]1ccccc1.N#C[S-]. The van der Waals surface area contributed by atoms with Gasteiger partial charge in [-0.1, -0.05) is 18.0 Å². The first-order chi connectivity index (χ1) is 5.85. The van der Waals surface area contributed by atoms with E-state index >= 15 is 0 Å². The molecule has 0 fully saturated rings. The van der Waals surface area contributed by atoms with Crippen LogP contribution in [0.25, 0.3) is 0 Å². The Kier molecular flexibility index (Phi) is 6.81. The molecule has 0 unspecified atom stereocenters. The van der Waals surface area contributed by atoms with Gasteiger partial charge in [0.25, 0.3) is 0 Å². The molecule has 62 valence electrons. The highest BCUT2D eigenvalue weighted by atomic mass is 32.1. The Morgan fingerprint density at radius 2 is 1.92 bits per heavy atom. The monoisotopic (exact) mass is 178 g/mol. The van der Waals surface area contributed by atoms with Crippen LogP contribution in [0.4, 0.5) is 0 Å². The fourth-order valence-electron chi connectivity index (χ4n) is 0.705. The predicted octanol–water partition coefficient (Wildman–Crippen LogP) is 1.17. The molecule has 3 heteroatoms. The van der Waals surface area contributed by atoms with Gasteiger partial charge in [0, 0.05) is 12.1 Å². The quantitative estimate of drug-likeness (QED) is 0.294. The third-order valence-electron chi connectivity index (χ3n) is 1.12. The number of pyridine rings is 1. The van der Waals surface area contributed by atoms with Gasteiger partial charge in [-0.3, -0.25) is 0 Å². The van der Waals surface area contributed by atoms with E-state index in [0.717, 1.165) is 6.54 Å². The molecule has 0 amide bonds. The van der Waals surface area contributed by atoms with E-state index in [9.17, 15) is 0 Å². The molecule has 1 heterocycles. The molecule has 0 saturated heterocycles. The highest BCUT2D eigenvalue weighted by Gasteiger charge is 1.88. The van der Waals surface area contributed by atoms with Crippen LogP contribution >= 0.6 is 0 Å². The molecule has 0 aliphatic heterocycles. The number of thiocyanates is 1. The van der Waals surface area contributed by atoms with Crippen LogP contribution in [0.2, 0.25) is 0 Å². The number of hydrogen-bond donors (Lipinski definition) is 0. The third kappa shape index (κ3) is 5.39. The smallest absolute Gasteiger partial charge is 0.169 e. The van der Waals surface area contributed by atoms with Crippen LogP contribution in [0.1, 0.15) is 0 Å². The lowest BCUT2D eigenvalue weighted by Crippen LogP contribution is -2.30. The van der Waals surface area contributed by atoms with E-state index < -0.39 is 0 Å². The zero-order valence-electron chi connectivity index (χ0n) is 6.68. The summed E-state index contributed by atoms with van der Waals surface area (Å²) in [7, 11) is 0. The van der Waals surface area contributed by atoms with Gasteiger partial charge >= 0.3 is 0 Å². The molecular formula is C9H10N2S. The molecule has 2 nitrogen and oxygen atoms in total. The number of nitriles is 1. The molecule has 0 saturated carbocycles. The first kappa shape index (κ1) is 10.6. The normalized spacial score (nSPS) is 7.25. The van der Waals surface area contributed by atoms with Crippen molar-refractivity contribution in [3.63, 3.8) is 0 Å². The molecular weight excluding hydrogens is 168 g/mol. The molecule has 0 N–H and O–H groups in total. The maximum atomic E-state index is 7.13. The predicted molar refractivity (Wildman–Crippen MR) is 49.8 cm³/mol. The van der Waals surface area contributed by atoms with E-state index in [4.69, 9.17) is 5.26 Å². The Morgan fingerprint density at radius 1 is 1.42 bits per heavy atom. The molecule has 12 heavy (non-hydrogen) atoms. The van der Waals surface area contributed by atoms with Crippen LogP contribution in [-0.4, -0.2) is 0 Å². The van der Waals surface area contributed by atoms with Gasteiger partial charge < -0.3 is 12.6 Å². The Hall–Kier alpha value is -1.40. The van der Waals surface area contributed by atoms with Crippen LogP contribution < -0.4 is 4.57 Å². The summed E-state index contributed by atoms with van der Waals surface area (Å²) in [5.41, 5.74) is 0. The summed E-state index contributed by atoms with van der Waals surface area (Å²) in [4.78, 5) is 0. The van der Waals surface area contributed by atoms with Gasteiger partial charge in [-0.05, 0) is 6.08 Å². The maximum Gasteiger partial charge on any atom is 0.169 e. The van der Waals surface area contributed by atoms with E-state index in [-0.39, 0.29) is 0 Å². The summed E-state index contributed by atoms with van der Waals surface area (Å²) in [6.07, 6.45) is 5.91. The van der Waals surface area contributed by atoms with Crippen molar-refractivity contribution in [2.45, 2.75) is 6.54 Å². The minimum Gasteiger partial charge on any atom is -0.696 e. The van der Waals surface area contributed by atoms with Gasteiger partial charge in [-0.25, -0.2) is 9.83 Å². The largest absolute Gasteiger partial charge is 0.696 e. The number of rotatable bonds is 2. The summed E-state index contributed by atoms with van der Waals surface area (Å²) < 4.78 is 2.06. The number of aromatic nitrogens is 1. The lowest BCUT2D eigenvalue weighted by atomic mass is 10.5. The summed E-state index contributed by atoms with van der Waals surface area (Å²) >= 11 is 3.70. The van der Waals surface area contributed by atoms with E-state index in [1.54, 1.807) is 0 Å². The van der Waals surface area contributed by atoms with E-state index in [2.05, 4.69) is 23.8 Å². The number of nitrogens with zero attached hydrogens (tertiary/aromatic N) is 2. The van der Waals surface area contributed by atoms with Gasteiger partial charge in [0.15, 0.2) is 18.9 Å². The fraction of sp³-hybridized carbons (Fsp3) is 0.111. The van der Waals surface area contributed by atoms with E-state index in [1.165, 1.54) is 5.40 Å². The minimum atomic E-state index is 0.890. The fourth-order valence-corrected chi connectivity index (χ4v) is 0.705. The highest BCUT2D eigenvalue weighted by Crippen LogP contribution is 1.75. The second-order valence-corrected chi connectivity index (χ2v) is 2.13. The van der Waals surface area contributed by atoms with Crippen LogP contribution in [0.15, 0.2) is 43.2 Å². The second-order valence-electron chi connectivity index (χ2n) is 1.95. The Bertz CT molecular complexity index is 251. The molecule has 0 spiro atoms. The topological polar surface area (TPSA) is 27.7 Å². The molecule has 0 bridgehead atoms. The number of allylic oxidation sites excluding steroid dienone is 1. The standard InChI is InChI=1S/C8H10N.CHNS/c1-2-6-9-7-4-3-5-8-9;2-1-3/h2-5,7-8H,1,6H2;3H/q+1;/p-1. The van der Waals surface area contributed by atoms with Crippen LogP contribution in [0.5, 0.6) is 0 Å². The zero-order chi connectivity index (χ0) is 9.23. The van der Waals surface area contributed by atoms with Gasteiger partial charge in [-0.15, -0.1) is 0 Å². The summed E-state index contributed by atoms with van der Waals surface area (Å²) in [5.74, 6) is 0. The van der Waals surface area contributed by atoms with Gasteiger partial charge in [-0.2, -0.15) is 0 Å². The van der Waals surface area contributed by atoms with E-state index in [1.807, 2.05) is 36.7 Å².